The minimum atomic E-state index is -0.786. The number of nitrogens with zero attached hydrogens (tertiary/aromatic N) is 2. The summed E-state index contributed by atoms with van der Waals surface area (Å²) in [7, 11) is 0. The molecule has 0 spiro atoms. The number of hydrogen-bond donors (Lipinski definition) is 1. The van der Waals surface area contributed by atoms with Crippen molar-refractivity contribution in [2.24, 2.45) is 0 Å². The first-order chi connectivity index (χ1) is 18.2. The fraction of sp³-hybridized carbons (Fsp3) is 0.387. The molecule has 7 heteroatoms. The van der Waals surface area contributed by atoms with Crippen molar-refractivity contribution < 1.29 is 19.6 Å². The van der Waals surface area contributed by atoms with E-state index in [0.29, 0.717) is 23.4 Å². The molecule has 3 rings (SSSR count). The molecular weight excluding hydrogens is 480 g/mol. The van der Waals surface area contributed by atoms with Gasteiger partial charge in [-0.1, -0.05) is 55.0 Å². The van der Waals surface area contributed by atoms with E-state index >= 15 is 0 Å². The Balaban J connectivity index is 1.92. The van der Waals surface area contributed by atoms with Gasteiger partial charge >= 0.3 is 5.97 Å². The summed E-state index contributed by atoms with van der Waals surface area (Å²) in [5.41, 5.74) is 2.16. The van der Waals surface area contributed by atoms with Gasteiger partial charge in [-0.2, -0.15) is 0 Å². The molecule has 0 radical (unpaired) electrons. The number of para-hydroxylation sites is 1. The lowest BCUT2D eigenvalue weighted by molar-refractivity contribution is -0.385. The number of nitro groups is 1. The first-order valence-electron chi connectivity index (χ1n) is 13.2. The monoisotopic (exact) mass is 518 g/mol. The van der Waals surface area contributed by atoms with E-state index in [0.717, 1.165) is 36.9 Å². The van der Waals surface area contributed by atoms with Crippen molar-refractivity contribution in [3.05, 3.63) is 105 Å². The van der Waals surface area contributed by atoms with Crippen LogP contribution in [0.1, 0.15) is 79.9 Å². The van der Waals surface area contributed by atoms with E-state index < -0.39 is 10.9 Å². The molecule has 0 heterocycles. The van der Waals surface area contributed by atoms with E-state index in [1.54, 1.807) is 18.2 Å². The molecule has 0 saturated heterocycles. The summed E-state index contributed by atoms with van der Waals surface area (Å²) in [6, 6.07) is 22.0. The Morgan fingerprint density at radius 1 is 0.947 bits per heavy atom. The van der Waals surface area contributed by atoms with E-state index in [4.69, 9.17) is 4.74 Å². The third-order valence-corrected chi connectivity index (χ3v) is 6.84. The molecule has 0 aliphatic heterocycles. The Kier molecular flexibility index (Phi) is 10.6. The summed E-state index contributed by atoms with van der Waals surface area (Å²) in [6.07, 6.45) is 2.79. The van der Waals surface area contributed by atoms with Gasteiger partial charge in [0.25, 0.3) is 5.69 Å². The van der Waals surface area contributed by atoms with Gasteiger partial charge in [0.05, 0.1) is 11.5 Å². The average Bonchev–Trinajstić information content (AvgIpc) is 2.91. The number of carbonyl (C=O) groups excluding carboxylic acids is 1. The van der Waals surface area contributed by atoms with E-state index in [-0.39, 0.29) is 23.8 Å². The van der Waals surface area contributed by atoms with Gasteiger partial charge in [0, 0.05) is 29.6 Å². The SMILES string of the molecule is CC(C)N(CCCCC(c1ccccc1)c1cc(CO)ccc1OC(=O)c1ccccc1[N+](=O)[O-])C(C)C. The lowest BCUT2D eigenvalue weighted by atomic mass is 9.85. The van der Waals surface area contributed by atoms with E-state index in [1.165, 1.54) is 18.2 Å². The number of carbonyl (C=O) groups is 1. The first kappa shape index (κ1) is 29.0. The van der Waals surface area contributed by atoms with Gasteiger partial charge in [0.1, 0.15) is 11.3 Å². The summed E-state index contributed by atoms with van der Waals surface area (Å²) in [4.78, 5) is 26.4. The molecule has 0 saturated carbocycles. The van der Waals surface area contributed by atoms with Crippen molar-refractivity contribution in [2.45, 2.75) is 71.6 Å². The molecule has 3 aromatic carbocycles. The number of rotatable bonds is 13. The smallest absolute Gasteiger partial charge is 0.350 e. The van der Waals surface area contributed by atoms with Gasteiger partial charge in [0.15, 0.2) is 0 Å². The number of benzene rings is 3. The van der Waals surface area contributed by atoms with Crippen LogP contribution in [0.3, 0.4) is 0 Å². The Morgan fingerprint density at radius 2 is 1.61 bits per heavy atom. The highest BCUT2D eigenvalue weighted by Gasteiger charge is 2.25. The normalized spacial score (nSPS) is 12.2. The minimum absolute atomic E-state index is 0.0807. The highest BCUT2D eigenvalue weighted by atomic mass is 16.6. The Labute approximate surface area is 225 Å². The molecule has 3 aromatic rings. The van der Waals surface area contributed by atoms with Crippen LogP contribution in [-0.4, -0.2) is 39.5 Å². The van der Waals surface area contributed by atoms with Crippen LogP contribution in [0.2, 0.25) is 0 Å². The number of aliphatic hydroxyl groups excluding tert-OH is 1. The Hall–Kier alpha value is -3.55. The molecule has 0 bridgehead atoms. The van der Waals surface area contributed by atoms with E-state index in [2.05, 4.69) is 44.7 Å². The summed E-state index contributed by atoms with van der Waals surface area (Å²) < 4.78 is 5.80. The van der Waals surface area contributed by atoms with Crippen LogP contribution in [0.25, 0.3) is 0 Å². The van der Waals surface area contributed by atoms with Gasteiger partial charge < -0.3 is 9.84 Å². The predicted molar refractivity (Wildman–Crippen MR) is 150 cm³/mol. The van der Waals surface area contributed by atoms with Crippen molar-refractivity contribution in [1.82, 2.24) is 4.90 Å². The molecule has 7 nitrogen and oxygen atoms in total. The lowest BCUT2D eigenvalue weighted by Gasteiger charge is -2.30. The molecule has 1 N–H and O–H groups in total. The summed E-state index contributed by atoms with van der Waals surface area (Å²) in [6.45, 7) is 9.70. The zero-order valence-corrected chi connectivity index (χ0v) is 22.7. The molecule has 0 aliphatic carbocycles. The molecule has 1 atom stereocenters. The summed E-state index contributed by atoms with van der Waals surface area (Å²) >= 11 is 0. The van der Waals surface area contributed by atoms with Crippen LogP contribution in [-0.2, 0) is 6.61 Å². The topological polar surface area (TPSA) is 92.9 Å². The number of esters is 1. The van der Waals surface area contributed by atoms with Crippen molar-refractivity contribution in [3.8, 4) is 5.75 Å². The minimum Gasteiger partial charge on any atom is -0.422 e. The number of unbranched alkanes of at least 4 members (excludes halogenated alkanes) is 1. The third kappa shape index (κ3) is 7.49. The highest BCUT2D eigenvalue weighted by Crippen LogP contribution is 2.37. The van der Waals surface area contributed by atoms with E-state index in [1.807, 2.05) is 24.3 Å². The van der Waals surface area contributed by atoms with Crippen LogP contribution < -0.4 is 4.74 Å². The molecule has 0 aliphatic rings. The van der Waals surface area contributed by atoms with Gasteiger partial charge in [-0.25, -0.2) is 4.79 Å². The average molecular weight is 519 g/mol. The second-order valence-corrected chi connectivity index (χ2v) is 10.1. The first-order valence-corrected chi connectivity index (χ1v) is 13.2. The maximum atomic E-state index is 13.1. The van der Waals surface area contributed by atoms with Gasteiger partial charge in [-0.05, 0) is 76.4 Å². The number of nitro benzene ring substituents is 1. The summed E-state index contributed by atoms with van der Waals surface area (Å²) in [5, 5.41) is 21.3. The van der Waals surface area contributed by atoms with Crippen LogP contribution in [0.15, 0.2) is 72.8 Å². The molecule has 0 fully saturated rings. The van der Waals surface area contributed by atoms with E-state index in [9.17, 15) is 20.0 Å². The fourth-order valence-electron chi connectivity index (χ4n) is 4.96. The van der Waals surface area contributed by atoms with Crippen molar-refractivity contribution in [1.29, 1.82) is 0 Å². The van der Waals surface area contributed by atoms with Crippen LogP contribution in [0.4, 0.5) is 5.69 Å². The molecule has 0 aromatic heterocycles. The number of hydrogen-bond acceptors (Lipinski definition) is 6. The van der Waals surface area contributed by atoms with Gasteiger partial charge in [0.2, 0.25) is 0 Å². The molecular formula is C31H38N2O5. The molecule has 1 unspecified atom stereocenters. The zero-order chi connectivity index (χ0) is 27.7. The maximum Gasteiger partial charge on any atom is 0.350 e. The Bertz CT molecular complexity index is 1200. The molecule has 38 heavy (non-hydrogen) atoms. The second-order valence-electron chi connectivity index (χ2n) is 10.1. The van der Waals surface area contributed by atoms with Gasteiger partial charge in [-0.3, -0.25) is 15.0 Å². The van der Waals surface area contributed by atoms with Crippen LogP contribution >= 0.6 is 0 Å². The maximum absolute atomic E-state index is 13.1. The quantitative estimate of drug-likeness (QED) is 0.0887. The van der Waals surface area contributed by atoms with Crippen molar-refractivity contribution in [3.63, 3.8) is 0 Å². The van der Waals surface area contributed by atoms with Crippen LogP contribution in [0.5, 0.6) is 5.75 Å². The zero-order valence-electron chi connectivity index (χ0n) is 22.7. The molecule has 202 valence electrons. The largest absolute Gasteiger partial charge is 0.422 e. The fourth-order valence-corrected chi connectivity index (χ4v) is 4.96. The van der Waals surface area contributed by atoms with Crippen LogP contribution in [0, 0.1) is 10.1 Å². The third-order valence-electron chi connectivity index (χ3n) is 6.84. The lowest BCUT2D eigenvalue weighted by Crippen LogP contribution is -2.37. The number of aliphatic hydroxyl groups is 1. The number of ether oxygens (including phenoxy) is 1. The van der Waals surface area contributed by atoms with Crippen molar-refractivity contribution >= 4 is 11.7 Å². The highest BCUT2D eigenvalue weighted by molar-refractivity contribution is 5.95. The molecule has 0 amide bonds. The standard InChI is InChI=1S/C31H38N2O5/c1-22(2)32(23(3)4)19-11-10-14-26(25-12-6-5-7-13-25)28-20-24(21-34)17-18-30(28)38-31(35)27-15-8-9-16-29(27)33(36)37/h5-9,12-13,15-18,20,22-23,26,34H,10-11,14,19,21H2,1-4H3. The second kappa shape index (κ2) is 13.8. The van der Waals surface area contributed by atoms with Gasteiger partial charge in [-0.15, -0.1) is 0 Å². The summed E-state index contributed by atoms with van der Waals surface area (Å²) in [5.74, 6) is -0.528. The predicted octanol–water partition coefficient (Wildman–Crippen LogP) is 6.73. The van der Waals surface area contributed by atoms with Crippen molar-refractivity contribution in [2.75, 3.05) is 6.54 Å². The Morgan fingerprint density at radius 3 is 2.24 bits per heavy atom.